The lowest BCUT2D eigenvalue weighted by molar-refractivity contribution is -0.384. The van der Waals surface area contributed by atoms with Gasteiger partial charge in [-0.25, -0.2) is 4.79 Å². The predicted molar refractivity (Wildman–Crippen MR) is 64.6 cm³/mol. The molecule has 0 saturated carbocycles. The monoisotopic (exact) mass is 253 g/mol. The van der Waals surface area contributed by atoms with Crippen molar-refractivity contribution in [2.75, 3.05) is 7.11 Å². The maximum atomic E-state index is 11.0. The van der Waals surface area contributed by atoms with Crippen molar-refractivity contribution in [3.63, 3.8) is 0 Å². The fourth-order valence-electron chi connectivity index (χ4n) is 1.90. The molecule has 0 radical (unpaired) electrons. The molecule has 0 aliphatic rings. The number of nitro benzene ring substituents is 1. The SMILES string of the molecule is CCC(c1ccc([N+](=O)[O-])cc1)C(OC)C(=O)O. The summed E-state index contributed by atoms with van der Waals surface area (Å²) >= 11 is 0. The minimum atomic E-state index is -1.04. The van der Waals surface area contributed by atoms with Gasteiger partial charge in [-0.1, -0.05) is 19.1 Å². The van der Waals surface area contributed by atoms with E-state index in [1.807, 2.05) is 6.92 Å². The molecule has 0 amide bonds. The molecule has 0 aliphatic carbocycles. The molecule has 0 saturated heterocycles. The van der Waals surface area contributed by atoms with Crippen LogP contribution >= 0.6 is 0 Å². The number of methoxy groups -OCH3 is 1. The first-order valence-corrected chi connectivity index (χ1v) is 5.51. The molecule has 6 nitrogen and oxygen atoms in total. The van der Waals surface area contributed by atoms with Crippen LogP contribution in [0, 0.1) is 10.1 Å². The quantitative estimate of drug-likeness (QED) is 0.620. The number of hydrogen-bond donors (Lipinski definition) is 1. The summed E-state index contributed by atoms with van der Waals surface area (Å²) in [6.45, 7) is 1.85. The second-order valence-corrected chi connectivity index (χ2v) is 3.86. The van der Waals surface area contributed by atoms with E-state index < -0.39 is 17.0 Å². The van der Waals surface area contributed by atoms with Gasteiger partial charge >= 0.3 is 5.97 Å². The van der Waals surface area contributed by atoms with Crippen LogP contribution in [0.15, 0.2) is 24.3 Å². The largest absolute Gasteiger partial charge is 0.479 e. The Kier molecular flexibility index (Phi) is 4.79. The van der Waals surface area contributed by atoms with Crippen LogP contribution in [0.3, 0.4) is 0 Å². The van der Waals surface area contributed by atoms with E-state index in [0.29, 0.717) is 6.42 Å². The third-order valence-corrected chi connectivity index (χ3v) is 2.83. The van der Waals surface area contributed by atoms with Crippen LogP contribution in [0.25, 0.3) is 0 Å². The van der Waals surface area contributed by atoms with Gasteiger partial charge < -0.3 is 9.84 Å². The second-order valence-electron chi connectivity index (χ2n) is 3.86. The van der Waals surface area contributed by atoms with Gasteiger partial charge in [0, 0.05) is 25.2 Å². The predicted octanol–water partition coefficient (Wildman–Crippen LogP) is 2.19. The number of carboxylic acids is 1. The zero-order valence-electron chi connectivity index (χ0n) is 10.2. The van der Waals surface area contributed by atoms with Crippen molar-refractivity contribution in [3.8, 4) is 0 Å². The highest BCUT2D eigenvalue weighted by Crippen LogP contribution is 2.27. The van der Waals surface area contributed by atoms with Crippen LogP contribution in [-0.2, 0) is 9.53 Å². The molecule has 1 rings (SSSR count). The minimum Gasteiger partial charge on any atom is -0.479 e. The van der Waals surface area contributed by atoms with Crippen molar-refractivity contribution < 1.29 is 19.6 Å². The number of nitrogens with zero attached hydrogens (tertiary/aromatic N) is 1. The van der Waals surface area contributed by atoms with Crippen LogP contribution in [0.2, 0.25) is 0 Å². The second kappa shape index (κ2) is 6.11. The molecule has 2 atom stereocenters. The molecule has 0 spiro atoms. The van der Waals surface area contributed by atoms with Gasteiger partial charge in [0.15, 0.2) is 6.10 Å². The van der Waals surface area contributed by atoms with Crippen LogP contribution in [-0.4, -0.2) is 29.2 Å². The Labute approximate surface area is 104 Å². The standard InChI is InChI=1S/C12H15NO5/c1-3-10(11(18-2)12(14)15)8-4-6-9(7-5-8)13(16)17/h4-7,10-11H,3H2,1-2H3,(H,14,15). The van der Waals surface area contributed by atoms with Gasteiger partial charge in [0.25, 0.3) is 5.69 Å². The fraction of sp³-hybridized carbons (Fsp3) is 0.417. The zero-order chi connectivity index (χ0) is 13.7. The maximum Gasteiger partial charge on any atom is 0.333 e. The number of hydrogen-bond acceptors (Lipinski definition) is 4. The first kappa shape index (κ1) is 14.1. The minimum absolute atomic E-state index is 0.0158. The summed E-state index contributed by atoms with van der Waals surface area (Å²) in [6, 6.07) is 5.88. The molecular weight excluding hydrogens is 238 g/mol. The number of rotatable bonds is 6. The van der Waals surface area contributed by atoms with Crippen molar-refractivity contribution in [3.05, 3.63) is 39.9 Å². The molecule has 0 aliphatic heterocycles. The highest BCUT2D eigenvalue weighted by atomic mass is 16.6. The van der Waals surface area contributed by atoms with E-state index in [9.17, 15) is 14.9 Å². The van der Waals surface area contributed by atoms with E-state index in [1.165, 1.54) is 19.2 Å². The summed E-state index contributed by atoms with van der Waals surface area (Å²) in [6.07, 6.45) is -0.376. The molecule has 0 heterocycles. The zero-order valence-corrected chi connectivity index (χ0v) is 10.2. The summed E-state index contributed by atoms with van der Waals surface area (Å²) in [5, 5.41) is 19.6. The van der Waals surface area contributed by atoms with Gasteiger partial charge in [0.05, 0.1) is 4.92 Å². The maximum absolute atomic E-state index is 11.0. The molecule has 2 unspecified atom stereocenters. The highest BCUT2D eigenvalue weighted by Gasteiger charge is 2.28. The van der Waals surface area contributed by atoms with Gasteiger partial charge in [-0.05, 0) is 12.0 Å². The van der Waals surface area contributed by atoms with Gasteiger partial charge in [0.1, 0.15) is 0 Å². The summed E-state index contributed by atoms with van der Waals surface area (Å²) in [7, 11) is 1.34. The Morgan fingerprint density at radius 2 is 2.00 bits per heavy atom. The van der Waals surface area contributed by atoms with E-state index in [0.717, 1.165) is 5.56 Å². The molecule has 1 aromatic rings. The molecule has 0 aromatic heterocycles. The Balaban J connectivity index is 3.01. The lowest BCUT2D eigenvalue weighted by Gasteiger charge is -2.21. The Morgan fingerprint density at radius 3 is 2.33 bits per heavy atom. The molecule has 1 N–H and O–H groups in total. The molecular formula is C12H15NO5. The van der Waals surface area contributed by atoms with Crippen molar-refractivity contribution in [1.29, 1.82) is 0 Å². The molecule has 6 heteroatoms. The average Bonchev–Trinajstić information content (AvgIpc) is 2.35. The fourth-order valence-corrected chi connectivity index (χ4v) is 1.90. The van der Waals surface area contributed by atoms with Crippen LogP contribution < -0.4 is 0 Å². The van der Waals surface area contributed by atoms with Crippen molar-refractivity contribution in [2.45, 2.75) is 25.4 Å². The van der Waals surface area contributed by atoms with Crippen LogP contribution in [0.1, 0.15) is 24.8 Å². The lowest BCUT2D eigenvalue weighted by atomic mass is 9.90. The average molecular weight is 253 g/mol. The van der Waals surface area contributed by atoms with E-state index in [-0.39, 0.29) is 11.6 Å². The van der Waals surface area contributed by atoms with Crippen molar-refractivity contribution >= 4 is 11.7 Å². The topological polar surface area (TPSA) is 89.7 Å². The first-order chi connectivity index (χ1) is 8.51. The van der Waals surface area contributed by atoms with Crippen molar-refractivity contribution in [1.82, 2.24) is 0 Å². The normalized spacial score (nSPS) is 13.9. The molecule has 0 fully saturated rings. The van der Waals surface area contributed by atoms with Crippen LogP contribution in [0.4, 0.5) is 5.69 Å². The highest BCUT2D eigenvalue weighted by molar-refractivity contribution is 5.73. The number of aliphatic carboxylic acids is 1. The summed E-state index contributed by atoms with van der Waals surface area (Å²) in [4.78, 5) is 21.1. The summed E-state index contributed by atoms with van der Waals surface area (Å²) in [5.41, 5.74) is 0.704. The smallest absolute Gasteiger partial charge is 0.333 e. The number of benzene rings is 1. The summed E-state index contributed by atoms with van der Waals surface area (Å²) in [5.74, 6) is -1.36. The Hall–Kier alpha value is -1.95. The lowest BCUT2D eigenvalue weighted by Crippen LogP contribution is -2.29. The summed E-state index contributed by atoms with van der Waals surface area (Å²) < 4.78 is 4.96. The Morgan fingerprint density at radius 1 is 1.44 bits per heavy atom. The molecule has 0 bridgehead atoms. The first-order valence-electron chi connectivity index (χ1n) is 5.51. The van der Waals surface area contributed by atoms with E-state index >= 15 is 0 Å². The van der Waals surface area contributed by atoms with Gasteiger partial charge in [0.2, 0.25) is 0 Å². The number of nitro groups is 1. The number of carboxylic acid groups (broad SMARTS) is 1. The number of non-ortho nitro benzene ring substituents is 1. The van der Waals surface area contributed by atoms with Gasteiger partial charge in [-0.3, -0.25) is 10.1 Å². The van der Waals surface area contributed by atoms with Gasteiger partial charge in [-0.2, -0.15) is 0 Å². The van der Waals surface area contributed by atoms with E-state index in [2.05, 4.69) is 0 Å². The van der Waals surface area contributed by atoms with E-state index in [1.54, 1.807) is 12.1 Å². The molecule has 1 aromatic carbocycles. The third kappa shape index (κ3) is 3.04. The van der Waals surface area contributed by atoms with Crippen molar-refractivity contribution in [2.24, 2.45) is 0 Å². The Bertz CT molecular complexity index is 429. The van der Waals surface area contributed by atoms with Crippen LogP contribution in [0.5, 0.6) is 0 Å². The molecule has 18 heavy (non-hydrogen) atoms. The van der Waals surface area contributed by atoms with Gasteiger partial charge in [-0.15, -0.1) is 0 Å². The molecule has 98 valence electrons. The third-order valence-electron chi connectivity index (χ3n) is 2.83. The van der Waals surface area contributed by atoms with E-state index in [4.69, 9.17) is 9.84 Å². The number of carbonyl (C=O) groups is 1. The number of ether oxygens (including phenoxy) is 1.